The molecule has 0 unspecified atom stereocenters. The standard InChI is InChI=1S/C20H18FN3O2S/c1-13(2)15-4-3-5-16(9-15)20-10-17(12-23-20)27(25,26)24-19-7-6-14(11-22)8-18(19)21/h3-10,12-13,23-24H,1-2H3. The molecule has 0 aliphatic heterocycles. The van der Waals surface area contributed by atoms with Gasteiger partial charge in [-0.25, -0.2) is 12.8 Å². The number of anilines is 1. The van der Waals surface area contributed by atoms with E-state index in [1.807, 2.05) is 24.3 Å². The molecule has 0 aliphatic carbocycles. The third-order valence-corrected chi connectivity index (χ3v) is 5.52. The Bertz CT molecular complexity index is 1130. The van der Waals surface area contributed by atoms with E-state index < -0.39 is 15.8 Å². The molecule has 0 saturated heterocycles. The Labute approximate surface area is 157 Å². The number of aromatic nitrogens is 1. The van der Waals surface area contributed by atoms with Crippen LogP contribution in [-0.4, -0.2) is 13.4 Å². The summed E-state index contributed by atoms with van der Waals surface area (Å²) < 4.78 is 41.3. The monoisotopic (exact) mass is 383 g/mol. The number of aromatic amines is 1. The van der Waals surface area contributed by atoms with Gasteiger partial charge in [-0.2, -0.15) is 5.26 Å². The minimum atomic E-state index is -3.97. The number of halogens is 1. The van der Waals surface area contributed by atoms with Crippen molar-refractivity contribution in [2.75, 3.05) is 4.72 Å². The van der Waals surface area contributed by atoms with E-state index in [1.165, 1.54) is 24.4 Å². The van der Waals surface area contributed by atoms with Crippen LogP contribution >= 0.6 is 0 Å². The average Bonchev–Trinajstić information content (AvgIpc) is 3.14. The first-order valence-electron chi connectivity index (χ1n) is 8.31. The van der Waals surface area contributed by atoms with E-state index in [0.29, 0.717) is 11.6 Å². The number of nitrogens with zero attached hydrogens (tertiary/aromatic N) is 1. The maximum absolute atomic E-state index is 14.0. The van der Waals surface area contributed by atoms with E-state index in [9.17, 15) is 12.8 Å². The van der Waals surface area contributed by atoms with E-state index in [1.54, 1.807) is 6.07 Å². The highest BCUT2D eigenvalue weighted by Gasteiger charge is 2.19. The van der Waals surface area contributed by atoms with Crippen molar-refractivity contribution in [3.8, 4) is 17.3 Å². The average molecular weight is 383 g/mol. The molecule has 7 heteroatoms. The van der Waals surface area contributed by atoms with E-state index in [4.69, 9.17) is 5.26 Å². The van der Waals surface area contributed by atoms with Gasteiger partial charge in [0.25, 0.3) is 10.0 Å². The Hall–Kier alpha value is -3.11. The van der Waals surface area contributed by atoms with Crippen LogP contribution in [-0.2, 0) is 10.0 Å². The number of rotatable bonds is 5. The molecule has 3 aromatic rings. The summed E-state index contributed by atoms with van der Waals surface area (Å²) in [6.07, 6.45) is 1.36. The molecule has 0 atom stereocenters. The Morgan fingerprint density at radius 3 is 2.59 bits per heavy atom. The molecule has 0 fully saturated rings. The molecule has 138 valence electrons. The summed E-state index contributed by atoms with van der Waals surface area (Å²) in [7, 11) is -3.97. The van der Waals surface area contributed by atoms with Gasteiger partial charge in [-0.1, -0.05) is 32.0 Å². The second-order valence-electron chi connectivity index (χ2n) is 6.44. The summed E-state index contributed by atoms with van der Waals surface area (Å²) in [5.41, 5.74) is 2.57. The first kappa shape index (κ1) is 18.7. The largest absolute Gasteiger partial charge is 0.360 e. The molecule has 0 saturated carbocycles. The second kappa shape index (κ2) is 7.25. The number of benzene rings is 2. The van der Waals surface area contributed by atoms with Gasteiger partial charge in [0.05, 0.1) is 17.3 Å². The number of H-pyrrole nitrogens is 1. The van der Waals surface area contributed by atoms with Crippen LogP contribution in [0.4, 0.5) is 10.1 Å². The van der Waals surface area contributed by atoms with Gasteiger partial charge >= 0.3 is 0 Å². The normalized spacial score (nSPS) is 11.4. The summed E-state index contributed by atoms with van der Waals surface area (Å²) in [5.74, 6) is -0.456. The third-order valence-electron chi connectivity index (χ3n) is 4.17. The summed E-state index contributed by atoms with van der Waals surface area (Å²) in [6.45, 7) is 4.17. The zero-order valence-electron chi connectivity index (χ0n) is 14.8. The van der Waals surface area contributed by atoms with Crippen LogP contribution in [0.1, 0.15) is 30.9 Å². The lowest BCUT2D eigenvalue weighted by molar-refractivity contribution is 0.598. The van der Waals surface area contributed by atoms with Gasteiger partial charge in [-0.05, 0) is 47.4 Å². The lowest BCUT2D eigenvalue weighted by Crippen LogP contribution is -2.13. The maximum Gasteiger partial charge on any atom is 0.263 e. The smallest absolute Gasteiger partial charge is 0.263 e. The fourth-order valence-electron chi connectivity index (χ4n) is 2.63. The van der Waals surface area contributed by atoms with E-state index in [2.05, 4.69) is 23.6 Å². The molecule has 3 rings (SSSR count). The molecule has 2 aromatic carbocycles. The Morgan fingerprint density at radius 1 is 1.15 bits per heavy atom. The molecule has 2 N–H and O–H groups in total. The molecule has 0 spiro atoms. The summed E-state index contributed by atoms with van der Waals surface area (Å²) in [5, 5.41) is 8.77. The SMILES string of the molecule is CC(C)c1cccc(-c2cc(S(=O)(=O)Nc3ccc(C#N)cc3F)c[nH]2)c1. The molecular formula is C20H18FN3O2S. The molecule has 0 amide bonds. The fourth-order valence-corrected chi connectivity index (χ4v) is 3.69. The van der Waals surface area contributed by atoms with Gasteiger partial charge < -0.3 is 4.98 Å². The summed E-state index contributed by atoms with van der Waals surface area (Å²) in [6, 6.07) is 14.7. The number of hydrogen-bond acceptors (Lipinski definition) is 3. The molecule has 27 heavy (non-hydrogen) atoms. The van der Waals surface area contributed by atoms with Crippen LogP contribution in [0.15, 0.2) is 59.6 Å². The van der Waals surface area contributed by atoms with E-state index in [-0.39, 0.29) is 16.1 Å². The first-order chi connectivity index (χ1) is 12.8. The lowest BCUT2D eigenvalue weighted by atomic mass is 10.00. The zero-order valence-corrected chi connectivity index (χ0v) is 15.6. The molecule has 0 radical (unpaired) electrons. The topological polar surface area (TPSA) is 85.8 Å². The zero-order chi connectivity index (χ0) is 19.6. The Kier molecular flexibility index (Phi) is 5.02. The van der Waals surface area contributed by atoms with Gasteiger partial charge in [0.1, 0.15) is 10.7 Å². The lowest BCUT2D eigenvalue weighted by Gasteiger charge is -2.08. The van der Waals surface area contributed by atoms with Gasteiger partial charge in [0, 0.05) is 11.9 Å². The minimum absolute atomic E-state index is 0.00351. The molecular weight excluding hydrogens is 365 g/mol. The second-order valence-corrected chi connectivity index (χ2v) is 8.12. The molecule has 5 nitrogen and oxygen atoms in total. The van der Waals surface area contributed by atoms with Crippen molar-refractivity contribution >= 4 is 15.7 Å². The minimum Gasteiger partial charge on any atom is -0.360 e. The van der Waals surface area contributed by atoms with Crippen molar-refractivity contribution in [2.24, 2.45) is 0 Å². The highest BCUT2D eigenvalue weighted by Crippen LogP contribution is 2.26. The van der Waals surface area contributed by atoms with Crippen LogP contribution in [0.5, 0.6) is 0 Å². The predicted octanol–water partition coefficient (Wildman–Crippen LogP) is 4.62. The van der Waals surface area contributed by atoms with Crippen molar-refractivity contribution in [1.82, 2.24) is 4.98 Å². The third kappa shape index (κ3) is 4.01. The Balaban J connectivity index is 1.89. The van der Waals surface area contributed by atoms with Gasteiger partial charge in [0.15, 0.2) is 0 Å². The van der Waals surface area contributed by atoms with Crippen molar-refractivity contribution in [1.29, 1.82) is 5.26 Å². The molecule has 0 aliphatic rings. The van der Waals surface area contributed by atoms with Crippen molar-refractivity contribution in [3.05, 3.63) is 71.7 Å². The van der Waals surface area contributed by atoms with Gasteiger partial charge in [0.2, 0.25) is 0 Å². The van der Waals surface area contributed by atoms with Crippen LogP contribution in [0, 0.1) is 17.1 Å². The first-order valence-corrected chi connectivity index (χ1v) is 9.79. The highest BCUT2D eigenvalue weighted by molar-refractivity contribution is 7.92. The highest BCUT2D eigenvalue weighted by atomic mass is 32.2. The number of nitriles is 1. The molecule has 1 aromatic heterocycles. The number of sulfonamides is 1. The van der Waals surface area contributed by atoms with Crippen LogP contribution in [0.3, 0.4) is 0 Å². The predicted molar refractivity (Wildman–Crippen MR) is 102 cm³/mol. The maximum atomic E-state index is 14.0. The quantitative estimate of drug-likeness (QED) is 0.674. The van der Waals surface area contributed by atoms with Crippen molar-refractivity contribution < 1.29 is 12.8 Å². The molecule has 1 heterocycles. The summed E-state index contributed by atoms with van der Waals surface area (Å²) >= 11 is 0. The van der Waals surface area contributed by atoms with Crippen molar-refractivity contribution in [3.63, 3.8) is 0 Å². The summed E-state index contributed by atoms with van der Waals surface area (Å²) in [4.78, 5) is 2.95. The number of hydrogen-bond donors (Lipinski definition) is 2. The fraction of sp³-hybridized carbons (Fsp3) is 0.150. The van der Waals surface area contributed by atoms with E-state index in [0.717, 1.165) is 17.2 Å². The van der Waals surface area contributed by atoms with Crippen LogP contribution < -0.4 is 4.72 Å². The van der Waals surface area contributed by atoms with Gasteiger partial charge in [-0.15, -0.1) is 0 Å². The van der Waals surface area contributed by atoms with Crippen molar-refractivity contribution in [2.45, 2.75) is 24.7 Å². The van der Waals surface area contributed by atoms with E-state index >= 15 is 0 Å². The van der Waals surface area contributed by atoms with Crippen LogP contribution in [0.25, 0.3) is 11.3 Å². The molecule has 0 bridgehead atoms. The Morgan fingerprint density at radius 2 is 1.93 bits per heavy atom. The van der Waals surface area contributed by atoms with Crippen LogP contribution in [0.2, 0.25) is 0 Å². The van der Waals surface area contributed by atoms with Gasteiger partial charge in [-0.3, -0.25) is 4.72 Å². The number of nitrogens with one attached hydrogen (secondary N) is 2.